The van der Waals surface area contributed by atoms with Crippen LogP contribution in [0, 0.1) is 6.92 Å². The molecule has 0 radical (unpaired) electrons. The molecule has 1 fully saturated rings. The summed E-state index contributed by atoms with van der Waals surface area (Å²) < 4.78 is 1.15. The Morgan fingerprint density at radius 2 is 2.33 bits per heavy atom. The van der Waals surface area contributed by atoms with E-state index in [1.807, 2.05) is 0 Å². The van der Waals surface area contributed by atoms with Crippen LogP contribution in [0.1, 0.15) is 18.4 Å². The fourth-order valence-electron chi connectivity index (χ4n) is 1.82. The van der Waals surface area contributed by atoms with E-state index in [2.05, 4.69) is 58.1 Å². The van der Waals surface area contributed by atoms with Gasteiger partial charge in [0, 0.05) is 22.0 Å². The molecule has 0 spiro atoms. The van der Waals surface area contributed by atoms with Gasteiger partial charge in [0.1, 0.15) is 0 Å². The Balaban J connectivity index is 2.05. The maximum Gasteiger partial charge on any atom is 0.0383 e. The Hall–Kier alpha value is -0.150. The summed E-state index contributed by atoms with van der Waals surface area (Å²) in [6.07, 6.45) is 2.65. The summed E-state index contributed by atoms with van der Waals surface area (Å²) in [6.45, 7) is 2.16. The van der Waals surface area contributed by atoms with Gasteiger partial charge in [-0.15, -0.1) is 0 Å². The molecule has 1 atom stereocenters. The third-order valence-electron chi connectivity index (χ3n) is 2.72. The lowest BCUT2D eigenvalue weighted by Gasteiger charge is -2.24. The predicted octanol–water partition coefficient (Wildman–Crippen LogP) is 4.07. The van der Waals surface area contributed by atoms with Crippen LogP contribution in [0.3, 0.4) is 0 Å². The monoisotopic (exact) mass is 285 g/mol. The van der Waals surface area contributed by atoms with Crippen LogP contribution in [0.25, 0.3) is 0 Å². The first-order valence-corrected chi connectivity index (χ1v) is 7.31. The largest absolute Gasteiger partial charge is 0.381 e. The minimum absolute atomic E-state index is 0.650. The normalized spacial score (nSPS) is 21.3. The van der Waals surface area contributed by atoms with E-state index < -0.39 is 0 Å². The van der Waals surface area contributed by atoms with Crippen molar-refractivity contribution in [1.29, 1.82) is 0 Å². The van der Waals surface area contributed by atoms with Crippen molar-refractivity contribution in [2.45, 2.75) is 25.8 Å². The summed E-state index contributed by atoms with van der Waals surface area (Å²) in [5.41, 5.74) is 2.60. The van der Waals surface area contributed by atoms with E-state index in [1.54, 1.807) is 0 Å². The molecule has 1 heterocycles. The van der Waals surface area contributed by atoms with Crippen molar-refractivity contribution >= 4 is 33.4 Å². The fourth-order valence-corrected chi connectivity index (χ4v) is 3.26. The smallest absolute Gasteiger partial charge is 0.0383 e. The zero-order valence-corrected chi connectivity index (χ0v) is 11.3. The molecule has 1 aromatic rings. The van der Waals surface area contributed by atoms with Crippen LogP contribution < -0.4 is 5.32 Å². The summed E-state index contributed by atoms with van der Waals surface area (Å²) in [4.78, 5) is 0. The van der Waals surface area contributed by atoms with E-state index in [-0.39, 0.29) is 0 Å². The van der Waals surface area contributed by atoms with E-state index >= 15 is 0 Å². The highest BCUT2D eigenvalue weighted by atomic mass is 79.9. The minimum atomic E-state index is 0.650. The van der Waals surface area contributed by atoms with Gasteiger partial charge in [-0.2, -0.15) is 11.8 Å². The number of aryl methyl sites for hydroxylation is 1. The van der Waals surface area contributed by atoms with Gasteiger partial charge in [-0.25, -0.2) is 0 Å². The quantitative estimate of drug-likeness (QED) is 0.879. The molecule has 0 amide bonds. The lowest BCUT2D eigenvalue weighted by Crippen LogP contribution is -2.26. The summed E-state index contributed by atoms with van der Waals surface area (Å²) >= 11 is 5.57. The van der Waals surface area contributed by atoms with Crippen molar-refractivity contribution in [1.82, 2.24) is 0 Å². The van der Waals surface area contributed by atoms with Gasteiger partial charge in [-0.1, -0.05) is 22.0 Å². The van der Waals surface area contributed by atoms with Gasteiger partial charge in [-0.05, 0) is 43.2 Å². The number of rotatable bonds is 2. The first-order chi connectivity index (χ1) is 7.25. The molecule has 2 rings (SSSR count). The molecular weight excluding hydrogens is 270 g/mol. The van der Waals surface area contributed by atoms with Crippen LogP contribution in [-0.2, 0) is 0 Å². The van der Waals surface area contributed by atoms with Crippen LogP contribution in [0.4, 0.5) is 5.69 Å². The highest BCUT2D eigenvalue weighted by Crippen LogP contribution is 2.25. The predicted molar refractivity (Wildman–Crippen MR) is 72.8 cm³/mol. The molecule has 0 saturated carbocycles. The topological polar surface area (TPSA) is 12.0 Å². The number of nitrogens with one attached hydrogen (secondary N) is 1. The maximum absolute atomic E-state index is 3.64. The summed E-state index contributed by atoms with van der Waals surface area (Å²) in [5, 5.41) is 3.64. The Labute approximate surface area is 104 Å². The van der Waals surface area contributed by atoms with Crippen LogP contribution in [0.15, 0.2) is 22.7 Å². The molecule has 1 N–H and O–H groups in total. The number of halogens is 1. The van der Waals surface area contributed by atoms with Crippen molar-refractivity contribution in [3.63, 3.8) is 0 Å². The number of anilines is 1. The Bertz CT molecular complexity index is 334. The van der Waals surface area contributed by atoms with Crippen molar-refractivity contribution in [2.24, 2.45) is 0 Å². The molecule has 3 heteroatoms. The third-order valence-corrected chi connectivity index (χ3v) is 4.43. The van der Waals surface area contributed by atoms with Crippen molar-refractivity contribution in [3.8, 4) is 0 Å². The van der Waals surface area contributed by atoms with Crippen molar-refractivity contribution < 1.29 is 0 Å². The first kappa shape index (κ1) is 11.3. The molecule has 1 nitrogen and oxygen atoms in total. The van der Waals surface area contributed by atoms with Crippen LogP contribution in [-0.4, -0.2) is 17.5 Å². The SMILES string of the molecule is Cc1ccc(Br)cc1N[C@H]1CCCSC1. The van der Waals surface area contributed by atoms with Crippen LogP contribution in [0.5, 0.6) is 0 Å². The number of hydrogen-bond acceptors (Lipinski definition) is 2. The van der Waals surface area contributed by atoms with E-state index in [4.69, 9.17) is 0 Å². The lowest BCUT2D eigenvalue weighted by molar-refractivity contribution is 0.684. The van der Waals surface area contributed by atoms with E-state index in [1.165, 1.54) is 35.6 Å². The Morgan fingerprint density at radius 3 is 3.07 bits per heavy atom. The molecule has 1 aliphatic heterocycles. The maximum atomic E-state index is 3.64. The summed E-state index contributed by atoms with van der Waals surface area (Å²) in [5.74, 6) is 2.57. The Morgan fingerprint density at radius 1 is 1.47 bits per heavy atom. The minimum Gasteiger partial charge on any atom is -0.381 e. The number of benzene rings is 1. The number of thioether (sulfide) groups is 1. The molecule has 0 aliphatic carbocycles. The second-order valence-electron chi connectivity index (χ2n) is 4.02. The van der Waals surface area contributed by atoms with Gasteiger partial charge in [0.05, 0.1) is 0 Å². The molecule has 0 aromatic heterocycles. The van der Waals surface area contributed by atoms with E-state index in [9.17, 15) is 0 Å². The van der Waals surface area contributed by atoms with E-state index in [0.29, 0.717) is 6.04 Å². The molecule has 1 aliphatic rings. The zero-order chi connectivity index (χ0) is 10.7. The van der Waals surface area contributed by atoms with Crippen LogP contribution in [0.2, 0.25) is 0 Å². The average Bonchev–Trinajstić information content (AvgIpc) is 2.25. The lowest BCUT2D eigenvalue weighted by atomic mass is 10.1. The standard InChI is InChI=1S/C12H16BrNS/c1-9-4-5-10(13)7-12(9)14-11-3-2-6-15-8-11/h4-5,7,11,14H,2-3,6,8H2,1H3/t11-/m0/s1. The molecule has 82 valence electrons. The summed E-state index contributed by atoms with van der Waals surface area (Å²) in [7, 11) is 0. The number of hydrogen-bond donors (Lipinski definition) is 1. The average molecular weight is 286 g/mol. The molecule has 0 bridgehead atoms. The van der Waals surface area contributed by atoms with Crippen LogP contribution >= 0.6 is 27.7 Å². The van der Waals surface area contributed by atoms with Gasteiger partial charge in [0.25, 0.3) is 0 Å². The van der Waals surface area contributed by atoms with Gasteiger partial charge >= 0.3 is 0 Å². The van der Waals surface area contributed by atoms with Gasteiger partial charge in [0.15, 0.2) is 0 Å². The summed E-state index contributed by atoms with van der Waals surface area (Å²) in [6, 6.07) is 7.07. The van der Waals surface area contributed by atoms with Crippen molar-refractivity contribution in [2.75, 3.05) is 16.8 Å². The van der Waals surface area contributed by atoms with E-state index in [0.717, 1.165) is 4.47 Å². The second kappa shape index (κ2) is 5.26. The highest BCUT2D eigenvalue weighted by molar-refractivity contribution is 9.10. The van der Waals surface area contributed by atoms with Gasteiger partial charge in [0.2, 0.25) is 0 Å². The molecule has 1 saturated heterocycles. The highest BCUT2D eigenvalue weighted by Gasteiger charge is 2.13. The van der Waals surface area contributed by atoms with Gasteiger partial charge in [-0.3, -0.25) is 0 Å². The first-order valence-electron chi connectivity index (χ1n) is 5.36. The molecule has 15 heavy (non-hydrogen) atoms. The molecule has 0 unspecified atom stereocenters. The third kappa shape index (κ3) is 3.15. The second-order valence-corrected chi connectivity index (χ2v) is 6.08. The van der Waals surface area contributed by atoms with Gasteiger partial charge < -0.3 is 5.32 Å². The molecular formula is C12H16BrNS. The fraction of sp³-hybridized carbons (Fsp3) is 0.500. The Kier molecular flexibility index (Phi) is 3.98. The van der Waals surface area contributed by atoms with Crippen molar-refractivity contribution in [3.05, 3.63) is 28.2 Å². The molecule has 1 aromatic carbocycles. The zero-order valence-electron chi connectivity index (χ0n) is 8.92.